The molecular weight excluding hydrogens is 68.0 g/mol. The van der Waals surface area contributed by atoms with Gasteiger partial charge in [-0.3, -0.25) is 0 Å². The lowest BCUT2D eigenvalue weighted by atomic mass is 10.8. The van der Waals surface area contributed by atoms with Crippen molar-refractivity contribution < 1.29 is 4.74 Å². The van der Waals surface area contributed by atoms with Crippen LogP contribution in [0.25, 0.3) is 0 Å². The fraction of sp³-hybridized carbons (Fsp3) is 1.00. The molecule has 32 valence electrons. The number of ether oxygens (including phenoxy) is 1. The Balaban J connectivity index is 0.000000160. The Morgan fingerprint density at radius 3 is 2.00 bits per heavy atom. The lowest BCUT2D eigenvalue weighted by molar-refractivity contribution is 0.415. The van der Waals surface area contributed by atoms with Crippen molar-refractivity contribution in [2.45, 2.75) is 6.23 Å². The number of epoxide rings is 1. The zero-order chi connectivity index (χ0) is 2.99. The molecule has 0 amide bonds. The summed E-state index contributed by atoms with van der Waals surface area (Å²) in [4.78, 5) is 0. The first-order valence-corrected chi connectivity index (χ1v) is 1.27. The zero-order valence-corrected chi connectivity index (χ0v) is 2.98. The van der Waals surface area contributed by atoms with Crippen LogP contribution in [-0.2, 0) is 4.74 Å². The van der Waals surface area contributed by atoms with E-state index in [0.29, 0.717) is 0 Å². The van der Waals surface area contributed by atoms with Gasteiger partial charge in [0.05, 0.1) is 6.61 Å². The molecule has 0 radical (unpaired) electrons. The Morgan fingerprint density at radius 2 is 2.00 bits per heavy atom. The Bertz CT molecular complexity index is 26.8. The first kappa shape index (κ1) is 4.88. The molecule has 1 heterocycles. The van der Waals surface area contributed by atoms with Crippen LogP contribution in [0.2, 0.25) is 0 Å². The van der Waals surface area contributed by atoms with E-state index in [4.69, 9.17) is 5.73 Å². The van der Waals surface area contributed by atoms with Gasteiger partial charge in [0.15, 0.2) is 0 Å². The molecule has 0 aliphatic carbocycles. The highest BCUT2D eigenvalue weighted by molar-refractivity contribution is 4.55. The normalized spacial score (nSPS) is 31.8. The van der Waals surface area contributed by atoms with Crippen LogP contribution in [0, 0.1) is 0 Å². The van der Waals surface area contributed by atoms with Crippen molar-refractivity contribution in [2.75, 3.05) is 6.61 Å². The standard InChI is InChI=1S/C2H5NO.H3N/c3-2-1-4-2;/h2H,1,3H2;1H3. The molecule has 1 unspecified atom stereocenters. The molecular formula is C2H8N2O. The maximum atomic E-state index is 5.00. The van der Waals surface area contributed by atoms with Gasteiger partial charge in [-0.05, 0) is 0 Å². The Labute approximate surface area is 30.7 Å². The van der Waals surface area contributed by atoms with E-state index in [1.165, 1.54) is 0 Å². The quantitative estimate of drug-likeness (QED) is 0.381. The van der Waals surface area contributed by atoms with E-state index in [1.54, 1.807) is 0 Å². The molecule has 3 nitrogen and oxygen atoms in total. The van der Waals surface area contributed by atoms with Gasteiger partial charge in [-0.15, -0.1) is 0 Å². The molecule has 0 aromatic carbocycles. The van der Waals surface area contributed by atoms with E-state index in [-0.39, 0.29) is 12.4 Å². The highest BCUT2D eigenvalue weighted by atomic mass is 16.6. The van der Waals surface area contributed by atoms with Crippen molar-refractivity contribution in [3.63, 3.8) is 0 Å². The molecule has 1 aliphatic heterocycles. The van der Waals surface area contributed by atoms with E-state index in [0.717, 1.165) is 6.61 Å². The van der Waals surface area contributed by atoms with Gasteiger partial charge in [-0.2, -0.15) is 0 Å². The maximum Gasteiger partial charge on any atom is 0.129 e. The first-order chi connectivity index (χ1) is 1.89. The SMILES string of the molecule is N.NC1CO1. The molecule has 3 heteroatoms. The van der Waals surface area contributed by atoms with Crippen molar-refractivity contribution in [2.24, 2.45) is 5.73 Å². The van der Waals surface area contributed by atoms with Crippen molar-refractivity contribution >= 4 is 0 Å². The number of nitrogens with two attached hydrogens (primary N) is 1. The summed E-state index contributed by atoms with van der Waals surface area (Å²) in [5.41, 5.74) is 5.00. The highest BCUT2D eigenvalue weighted by Gasteiger charge is 2.13. The largest absolute Gasteiger partial charge is 0.357 e. The van der Waals surface area contributed by atoms with Crippen molar-refractivity contribution in [3.05, 3.63) is 0 Å². The number of rotatable bonds is 0. The lowest BCUT2D eigenvalue weighted by Crippen LogP contribution is -1.97. The van der Waals surface area contributed by atoms with Gasteiger partial charge < -0.3 is 16.6 Å². The van der Waals surface area contributed by atoms with Gasteiger partial charge in [0.1, 0.15) is 6.23 Å². The molecule has 5 heavy (non-hydrogen) atoms. The minimum Gasteiger partial charge on any atom is -0.357 e. The van der Waals surface area contributed by atoms with Crippen LogP contribution in [0.15, 0.2) is 0 Å². The van der Waals surface area contributed by atoms with Crippen molar-refractivity contribution in [1.29, 1.82) is 0 Å². The van der Waals surface area contributed by atoms with Gasteiger partial charge >= 0.3 is 0 Å². The third-order valence-electron chi connectivity index (χ3n) is 0.359. The minimum atomic E-state index is 0. The summed E-state index contributed by atoms with van der Waals surface area (Å²) in [6.45, 7) is 0.764. The molecule has 0 saturated carbocycles. The van der Waals surface area contributed by atoms with E-state index < -0.39 is 0 Å². The highest BCUT2D eigenvalue weighted by Crippen LogP contribution is 1.96. The average Bonchev–Trinajstić information content (AvgIpc) is 1.75. The molecule has 0 aromatic heterocycles. The molecule has 1 atom stereocenters. The average molecular weight is 76.1 g/mol. The van der Waals surface area contributed by atoms with Crippen LogP contribution in [0.5, 0.6) is 0 Å². The van der Waals surface area contributed by atoms with Gasteiger partial charge in [0.2, 0.25) is 0 Å². The van der Waals surface area contributed by atoms with E-state index in [2.05, 4.69) is 4.74 Å². The third kappa shape index (κ3) is 1.65. The van der Waals surface area contributed by atoms with Crippen LogP contribution >= 0.6 is 0 Å². The second-order valence-corrected chi connectivity index (χ2v) is 0.872. The number of hydrogen-bond acceptors (Lipinski definition) is 3. The van der Waals surface area contributed by atoms with E-state index in [1.807, 2.05) is 0 Å². The minimum absolute atomic E-state index is 0. The van der Waals surface area contributed by atoms with Gasteiger partial charge in [0, 0.05) is 0 Å². The topological polar surface area (TPSA) is 73.5 Å². The first-order valence-electron chi connectivity index (χ1n) is 1.27. The fourth-order valence-corrected chi connectivity index (χ4v) is 0.0556. The third-order valence-corrected chi connectivity index (χ3v) is 0.359. The summed E-state index contributed by atoms with van der Waals surface area (Å²) in [5, 5.41) is 0. The van der Waals surface area contributed by atoms with Crippen molar-refractivity contribution in [1.82, 2.24) is 6.15 Å². The van der Waals surface area contributed by atoms with Crippen LogP contribution < -0.4 is 11.9 Å². The predicted molar refractivity (Wildman–Crippen MR) is 18.9 cm³/mol. The van der Waals surface area contributed by atoms with Crippen LogP contribution in [0.3, 0.4) is 0 Å². The van der Waals surface area contributed by atoms with E-state index in [9.17, 15) is 0 Å². The van der Waals surface area contributed by atoms with Crippen LogP contribution in [0.1, 0.15) is 0 Å². The smallest absolute Gasteiger partial charge is 0.129 e. The van der Waals surface area contributed by atoms with E-state index >= 15 is 0 Å². The summed E-state index contributed by atoms with van der Waals surface area (Å²) >= 11 is 0. The molecule has 1 fully saturated rings. The summed E-state index contributed by atoms with van der Waals surface area (Å²) in [7, 11) is 0. The molecule has 1 rings (SSSR count). The predicted octanol–water partition coefficient (Wildman–Crippen LogP) is -0.537. The summed E-state index contributed by atoms with van der Waals surface area (Å²) in [6.07, 6.45) is 0.0833. The molecule has 0 spiro atoms. The molecule has 0 bridgehead atoms. The second-order valence-electron chi connectivity index (χ2n) is 0.872. The number of hydrogen-bond donors (Lipinski definition) is 2. The van der Waals surface area contributed by atoms with Gasteiger partial charge in [0.25, 0.3) is 0 Å². The molecule has 5 N–H and O–H groups in total. The second kappa shape index (κ2) is 1.35. The van der Waals surface area contributed by atoms with Crippen molar-refractivity contribution in [3.8, 4) is 0 Å². The molecule has 1 saturated heterocycles. The van der Waals surface area contributed by atoms with Crippen LogP contribution in [-0.4, -0.2) is 12.8 Å². The Morgan fingerprint density at radius 1 is 1.80 bits per heavy atom. The maximum absolute atomic E-state index is 5.00. The van der Waals surface area contributed by atoms with Gasteiger partial charge in [-0.25, -0.2) is 0 Å². The molecule has 1 aliphatic rings. The van der Waals surface area contributed by atoms with Gasteiger partial charge in [-0.1, -0.05) is 0 Å². The fourth-order valence-electron chi connectivity index (χ4n) is 0.0556. The summed E-state index contributed by atoms with van der Waals surface area (Å²) in [6, 6.07) is 0. The Kier molecular flexibility index (Phi) is 1.32. The zero-order valence-electron chi connectivity index (χ0n) is 2.98. The van der Waals surface area contributed by atoms with Crippen LogP contribution in [0.4, 0.5) is 0 Å². The Hall–Kier alpha value is -0.120. The molecule has 0 aromatic rings. The monoisotopic (exact) mass is 76.1 g/mol. The summed E-state index contributed by atoms with van der Waals surface area (Å²) < 4.78 is 4.49. The lowest BCUT2D eigenvalue weighted by Gasteiger charge is -1.55. The summed E-state index contributed by atoms with van der Waals surface area (Å²) in [5.74, 6) is 0.